The summed E-state index contributed by atoms with van der Waals surface area (Å²) in [5, 5.41) is 5.21. The van der Waals surface area contributed by atoms with Gasteiger partial charge in [-0.25, -0.2) is 9.18 Å². The number of nitrogens with one attached hydrogen (secondary N) is 2. The van der Waals surface area contributed by atoms with Gasteiger partial charge in [-0.1, -0.05) is 26.0 Å². The molecule has 0 aliphatic carbocycles. The Morgan fingerprint density at radius 3 is 2.24 bits per heavy atom. The standard InChI is InChI=1S/C15H22FN3O2/c1-15(2,11-5-7-12(16)8-6-11)10-18-14(21)17-9-13(20)19(3)4/h5-8H,9-10H2,1-4H3,(H2,17,18,21). The average molecular weight is 295 g/mol. The number of urea groups is 1. The third-order valence-electron chi connectivity index (χ3n) is 3.22. The van der Waals surface area contributed by atoms with Gasteiger partial charge in [0.05, 0.1) is 6.54 Å². The summed E-state index contributed by atoms with van der Waals surface area (Å²) in [5.74, 6) is -0.467. The predicted octanol–water partition coefficient (Wildman–Crippen LogP) is 1.49. The number of hydrogen-bond acceptors (Lipinski definition) is 2. The highest BCUT2D eigenvalue weighted by Gasteiger charge is 2.21. The van der Waals surface area contributed by atoms with Crippen molar-refractivity contribution < 1.29 is 14.0 Å². The first-order valence-electron chi connectivity index (χ1n) is 6.70. The van der Waals surface area contributed by atoms with Crippen molar-refractivity contribution in [2.75, 3.05) is 27.2 Å². The Balaban J connectivity index is 2.47. The molecule has 5 nitrogen and oxygen atoms in total. The van der Waals surface area contributed by atoms with Gasteiger partial charge in [-0.2, -0.15) is 0 Å². The zero-order valence-electron chi connectivity index (χ0n) is 12.9. The van der Waals surface area contributed by atoms with Crippen molar-refractivity contribution >= 4 is 11.9 Å². The van der Waals surface area contributed by atoms with Gasteiger partial charge in [0, 0.05) is 26.1 Å². The molecule has 0 fully saturated rings. The van der Waals surface area contributed by atoms with Gasteiger partial charge < -0.3 is 15.5 Å². The van der Waals surface area contributed by atoms with Crippen LogP contribution in [0, 0.1) is 5.82 Å². The highest BCUT2D eigenvalue weighted by molar-refractivity contribution is 5.83. The van der Waals surface area contributed by atoms with Crippen molar-refractivity contribution in [2.24, 2.45) is 0 Å². The number of carbonyl (C=O) groups is 2. The van der Waals surface area contributed by atoms with Crippen LogP contribution in [0.3, 0.4) is 0 Å². The van der Waals surface area contributed by atoms with E-state index >= 15 is 0 Å². The van der Waals surface area contributed by atoms with Crippen LogP contribution in [-0.2, 0) is 10.2 Å². The maximum Gasteiger partial charge on any atom is 0.315 e. The predicted molar refractivity (Wildman–Crippen MR) is 79.5 cm³/mol. The summed E-state index contributed by atoms with van der Waals surface area (Å²) in [6.45, 7) is 4.23. The Bertz CT molecular complexity index is 498. The third-order valence-corrected chi connectivity index (χ3v) is 3.22. The molecule has 0 atom stereocenters. The monoisotopic (exact) mass is 295 g/mol. The molecule has 0 spiro atoms. The largest absolute Gasteiger partial charge is 0.347 e. The molecule has 0 aliphatic rings. The second kappa shape index (κ2) is 7.06. The van der Waals surface area contributed by atoms with Gasteiger partial charge in [-0.05, 0) is 17.7 Å². The Morgan fingerprint density at radius 2 is 1.71 bits per heavy atom. The fourth-order valence-electron chi connectivity index (χ4n) is 1.68. The Labute approximate surface area is 124 Å². The first kappa shape index (κ1) is 16.9. The highest BCUT2D eigenvalue weighted by Crippen LogP contribution is 2.22. The second-order valence-corrected chi connectivity index (χ2v) is 5.72. The molecule has 2 N–H and O–H groups in total. The van der Waals surface area contributed by atoms with Crippen LogP contribution in [0.15, 0.2) is 24.3 Å². The van der Waals surface area contributed by atoms with Gasteiger partial charge in [0.15, 0.2) is 0 Å². The van der Waals surface area contributed by atoms with Gasteiger partial charge in [0.2, 0.25) is 5.91 Å². The summed E-state index contributed by atoms with van der Waals surface area (Å²) >= 11 is 0. The molecule has 3 amide bonds. The molecule has 0 aromatic heterocycles. The molecule has 1 aromatic rings. The van der Waals surface area contributed by atoms with E-state index < -0.39 is 6.03 Å². The Kier molecular flexibility index (Phi) is 5.69. The lowest BCUT2D eigenvalue weighted by atomic mass is 9.84. The van der Waals surface area contributed by atoms with Crippen LogP contribution in [0.25, 0.3) is 0 Å². The van der Waals surface area contributed by atoms with E-state index in [1.807, 2.05) is 13.8 Å². The van der Waals surface area contributed by atoms with Crippen molar-refractivity contribution in [3.05, 3.63) is 35.6 Å². The zero-order valence-corrected chi connectivity index (χ0v) is 12.9. The Hall–Kier alpha value is -2.11. The van der Waals surface area contributed by atoms with E-state index in [-0.39, 0.29) is 23.7 Å². The molecule has 0 radical (unpaired) electrons. The lowest BCUT2D eigenvalue weighted by molar-refractivity contribution is -0.127. The summed E-state index contributed by atoms with van der Waals surface area (Å²) in [6.07, 6.45) is 0. The molecule has 0 saturated heterocycles. The van der Waals surface area contributed by atoms with Crippen LogP contribution >= 0.6 is 0 Å². The lowest BCUT2D eigenvalue weighted by Crippen LogP contribution is -2.45. The van der Waals surface area contributed by atoms with Crippen molar-refractivity contribution in [1.29, 1.82) is 0 Å². The number of carbonyl (C=O) groups excluding carboxylic acids is 2. The molecule has 6 heteroatoms. The SMILES string of the molecule is CN(C)C(=O)CNC(=O)NCC(C)(C)c1ccc(F)cc1. The molecule has 0 aliphatic heterocycles. The van der Waals surface area contributed by atoms with Crippen molar-refractivity contribution in [2.45, 2.75) is 19.3 Å². The molecular formula is C15H22FN3O2. The van der Waals surface area contributed by atoms with Crippen LogP contribution < -0.4 is 10.6 Å². The summed E-state index contributed by atoms with van der Waals surface area (Å²) in [7, 11) is 3.25. The third kappa shape index (κ3) is 5.41. The zero-order chi connectivity index (χ0) is 16.0. The summed E-state index contributed by atoms with van der Waals surface area (Å²) in [4.78, 5) is 24.4. The van der Waals surface area contributed by atoms with Gasteiger partial charge in [-0.3, -0.25) is 4.79 Å². The average Bonchev–Trinajstić information content (AvgIpc) is 2.43. The van der Waals surface area contributed by atoms with E-state index in [0.29, 0.717) is 6.54 Å². The van der Waals surface area contributed by atoms with Crippen molar-refractivity contribution in [1.82, 2.24) is 15.5 Å². The number of rotatable bonds is 5. The summed E-state index contributed by atoms with van der Waals surface area (Å²) in [6, 6.07) is 5.79. The Morgan fingerprint density at radius 1 is 1.14 bits per heavy atom. The molecule has 21 heavy (non-hydrogen) atoms. The van der Waals surface area contributed by atoms with Crippen LogP contribution in [-0.4, -0.2) is 44.0 Å². The maximum absolute atomic E-state index is 12.9. The minimum Gasteiger partial charge on any atom is -0.347 e. The minimum atomic E-state index is -0.402. The first-order valence-corrected chi connectivity index (χ1v) is 6.70. The van der Waals surface area contributed by atoms with Gasteiger partial charge >= 0.3 is 6.03 Å². The van der Waals surface area contributed by atoms with Crippen LogP contribution in [0.2, 0.25) is 0 Å². The first-order chi connectivity index (χ1) is 9.72. The highest BCUT2D eigenvalue weighted by atomic mass is 19.1. The fraction of sp³-hybridized carbons (Fsp3) is 0.467. The number of amides is 3. The maximum atomic E-state index is 12.9. The van der Waals surface area contributed by atoms with Crippen LogP contribution in [0.1, 0.15) is 19.4 Å². The van der Waals surface area contributed by atoms with Gasteiger partial charge in [0.25, 0.3) is 0 Å². The number of nitrogens with zero attached hydrogens (tertiary/aromatic N) is 1. The molecule has 0 saturated carbocycles. The van der Waals surface area contributed by atoms with E-state index in [1.54, 1.807) is 26.2 Å². The molecule has 1 rings (SSSR count). The molecule has 116 valence electrons. The van der Waals surface area contributed by atoms with Gasteiger partial charge in [0.1, 0.15) is 5.82 Å². The molecule has 0 bridgehead atoms. The summed E-state index contributed by atoms with van der Waals surface area (Å²) < 4.78 is 12.9. The lowest BCUT2D eigenvalue weighted by Gasteiger charge is -2.25. The van der Waals surface area contributed by atoms with Crippen LogP contribution in [0.5, 0.6) is 0 Å². The topological polar surface area (TPSA) is 61.4 Å². The molecule has 0 unspecified atom stereocenters. The number of likely N-dealkylation sites (N-methyl/N-ethyl adjacent to an activating group) is 1. The van der Waals surface area contributed by atoms with E-state index in [0.717, 1.165) is 5.56 Å². The summed E-state index contributed by atoms with van der Waals surface area (Å²) in [5.41, 5.74) is 0.588. The van der Waals surface area contributed by atoms with E-state index in [2.05, 4.69) is 10.6 Å². The van der Waals surface area contributed by atoms with E-state index in [9.17, 15) is 14.0 Å². The molecule has 1 aromatic carbocycles. The molecule has 0 heterocycles. The fourth-order valence-corrected chi connectivity index (χ4v) is 1.68. The van der Waals surface area contributed by atoms with Crippen LogP contribution in [0.4, 0.5) is 9.18 Å². The number of halogens is 1. The van der Waals surface area contributed by atoms with Crippen molar-refractivity contribution in [3.8, 4) is 0 Å². The quantitative estimate of drug-likeness (QED) is 0.864. The smallest absolute Gasteiger partial charge is 0.315 e. The van der Waals surface area contributed by atoms with E-state index in [4.69, 9.17) is 0 Å². The minimum absolute atomic E-state index is 0.0458. The van der Waals surface area contributed by atoms with E-state index in [1.165, 1.54) is 17.0 Å². The normalized spacial score (nSPS) is 10.9. The number of hydrogen-bond donors (Lipinski definition) is 2. The molecular weight excluding hydrogens is 273 g/mol. The number of benzene rings is 1. The van der Waals surface area contributed by atoms with Gasteiger partial charge in [-0.15, -0.1) is 0 Å². The second-order valence-electron chi connectivity index (χ2n) is 5.72. The van der Waals surface area contributed by atoms with Crippen molar-refractivity contribution in [3.63, 3.8) is 0 Å².